The smallest absolute Gasteiger partial charge is 0.256 e. The van der Waals surface area contributed by atoms with Crippen LogP contribution in [-0.4, -0.2) is 25.6 Å². The molecule has 1 amide bonds. The van der Waals surface area contributed by atoms with Crippen molar-refractivity contribution in [2.45, 2.75) is 4.90 Å². The van der Waals surface area contributed by atoms with Crippen molar-refractivity contribution in [1.29, 1.82) is 0 Å². The summed E-state index contributed by atoms with van der Waals surface area (Å²) in [6.45, 7) is 0. The van der Waals surface area contributed by atoms with E-state index in [4.69, 9.17) is 11.6 Å². The Morgan fingerprint density at radius 2 is 1.68 bits per heavy atom. The normalized spacial score (nSPS) is 11.3. The van der Waals surface area contributed by atoms with Crippen molar-refractivity contribution < 1.29 is 13.2 Å². The summed E-state index contributed by atoms with van der Waals surface area (Å²) in [5.41, 5.74) is 3.84. The van der Waals surface area contributed by atoms with E-state index >= 15 is 0 Å². The molecule has 4 rings (SSSR count). The predicted molar refractivity (Wildman–Crippen MR) is 124 cm³/mol. The van der Waals surface area contributed by atoms with Crippen LogP contribution in [0.25, 0.3) is 22.4 Å². The van der Waals surface area contributed by atoms with Crippen molar-refractivity contribution in [3.63, 3.8) is 0 Å². The number of carbonyl (C=O) groups is 1. The highest BCUT2D eigenvalue weighted by Gasteiger charge is 2.18. The number of carbonyl (C=O) groups excluding carboxylic acids is 1. The molecule has 5 nitrogen and oxygen atoms in total. The lowest BCUT2D eigenvalue weighted by atomic mass is 9.99. The number of halogens is 1. The largest absolute Gasteiger partial charge is 0.361 e. The van der Waals surface area contributed by atoms with E-state index in [0.717, 1.165) is 23.1 Å². The molecule has 7 heteroatoms. The van der Waals surface area contributed by atoms with Crippen molar-refractivity contribution in [2.75, 3.05) is 11.6 Å². The van der Waals surface area contributed by atoms with E-state index in [2.05, 4.69) is 10.3 Å². The number of hydrogen-bond donors (Lipinski definition) is 2. The first-order valence-corrected chi connectivity index (χ1v) is 11.7. The Labute approximate surface area is 185 Å². The van der Waals surface area contributed by atoms with E-state index in [-0.39, 0.29) is 10.8 Å². The molecule has 0 fully saturated rings. The Hall–Kier alpha value is -3.35. The van der Waals surface area contributed by atoms with Crippen molar-refractivity contribution in [3.05, 3.63) is 95.6 Å². The minimum absolute atomic E-state index is 0.156. The van der Waals surface area contributed by atoms with Gasteiger partial charge < -0.3 is 10.3 Å². The molecule has 0 saturated carbocycles. The van der Waals surface area contributed by atoms with Gasteiger partial charge in [0.1, 0.15) is 0 Å². The fourth-order valence-corrected chi connectivity index (χ4v) is 4.18. The van der Waals surface area contributed by atoms with Crippen LogP contribution in [0.15, 0.2) is 90.0 Å². The first kappa shape index (κ1) is 20.9. The number of aromatic amines is 1. The summed E-state index contributed by atoms with van der Waals surface area (Å²) in [6.07, 6.45) is 2.94. The molecule has 0 bridgehead atoms. The third-order valence-corrected chi connectivity index (χ3v) is 6.30. The van der Waals surface area contributed by atoms with Crippen molar-refractivity contribution >= 4 is 33.0 Å². The van der Waals surface area contributed by atoms with E-state index < -0.39 is 9.84 Å². The Morgan fingerprint density at radius 1 is 0.903 bits per heavy atom. The lowest BCUT2D eigenvalue weighted by molar-refractivity contribution is 0.102. The first-order valence-electron chi connectivity index (χ1n) is 9.47. The van der Waals surface area contributed by atoms with Crippen molar-refractivity contribution in [3.8, 4) is 22.4 Å². The Balaban J connectivity index is 1.73. The average molecular weight is 451 g/mol. The van der Waals surface area contributed by atoms with Crippen LogP contribution in [0.3, 0.4) is 0 Å². The summed E-state index contributed by atoms with van der Waals surface area (Å²) in [4.78, 5) is 16.4. The Kier molecular flexibility index (Phi) is 5.67. The highest BCUT2D eigenvalue weighted by molar-refractivity contribution is 7.90. The molecular formula is C24H19ClN2O3S. The van der Waals surface area contributed by atoms with Crippen molar-refractivity contribution in [2.24, 2.45) is 0 Å². The van der Waals surface area contributed by atoms with Crippen LogP contribution in [0.1, 0.15) is 10.4 Å². The molecule has 156 valence electrons. The SMILES string of the molecule is CS(=O)(=O)c1ccc(C(=O)Nc2ccc(Cl)c(-c3ccc[nH]3)c2)c(-c2ccccc2)c1. The molecule has 1 aromatic heterocycles. The number of benzene rings is 3. The minimum Gasteiger partial charge on any atom is -0.361 e. The second-order valence-electron chi connectivity index (χ2n) is 7.08. The van der Waals surface area contributed by atoms with E-state index in [1.165, 1.54) is 18.2 Å². The molecule has 0 aliphatic carbocycles. The van der Waals surface area contributed by atoms with Gasteiger partial charge in [-0.2, -0.15) is 0 Å². The number of anilines is 1. The second kappa shape index (κ2) is 8.41. The zero-order valence-corrected chi connectivity index (χ0v) is 18.2. The zero-order valence-electron chi connectivity index (χ0n) is 16.6. The number of rotatable bonds is 5. The maximum atomic E-state index is 13.2. The van der Waals surface area contributed by atoms with Gasteiger partial charge in [-0.1, -0.05) is 41.9 Å². The van der Waals surface area contributed by atoms with Crippen LogP contribution >= 0.6 is 11.6 Å². The third-order valence-electron chi connectivity index (χ3n) is 4.86. The topological polar surface area (TPSA) is 79.0 Å². The first-order chi connectivity index (χ1) is 14.8. The van der Waals surface area contributed by atoms with Gasteiger partial charge >= 0.3 is 0 Å². The Bertz CT molecular complexity index is 1350. The van der Waals surface area contributed by atoms with Gasteiger partial charge in [-0.3, -0.25) is 4.79 Å². The molecule has 0 spiro atoms. The highest BCUT2D eigenvalue weighted by Crippen LogP contribution is 2.31. The maximum absolute atomic E-state index is 13.2. The fourth-order valence-electron chi connectivity index (χ4n) is 3.31. The predicted octanol–water partition coefficient (Wildman–Crippen LogP) is 5.66. The van der Waals surface area contributed by atoms with Gasteiger partial charge in [-0.25, -0.2) is 8.42 Å². The van der Waals surface area contributed by atoms with Gasteiger partial charge in [0.05, 0.1) is 9.92 Å². The zero-order chi connectivity index (χ0) is 22.0. The molecule has 0 aliphatic heterocycles. The fraction of sp³-hybridized carbons (Fsp3) is 0.0417. The van der Waals surface area contributed by atoms with Crippen LogP contribution in [0, 0.1) is 0 Å². The van der Waals surface area contributed by atoms with Gasteiger partial charge in [0.15, 0.2) is 9.84 Å². The van der Waals surface area contributed by atoms with Crippen LogP contribution in [0.5, 0.6) is 0 Å². The number of aromatic nitrogens is 1. The number of nitrogens with one attached hydrogen (secondary N) is 2. The summed E-state index contributed by atoms with van der Waals surface area (Å²) in [5, 5.41) is 3.45. The quantitative estimate of drug-likeness (QED) is 0.412. The molecule has 31 heavy (non-hydrogen) atoms. The van der Waals surface area contributed by atoms with Gasteiger partial charge in [0.2, 0.25) is 0 Å². The molecular weight excluding hydrogens is 432 g/mol. The van der Waals surface area contributed by atoms with E-state index in [1.54, 1.807) is 24.4 Å². The number of sulfone groups is 1. The average Bonchev–Trinajstić information content (AvgIpc) is 3.29. The minimum atomic E-state index is -3.42. The molecule has 2 N–H and O–H groups in total. The number of amides is 1. The third kappa shape index (κ3) is 4.55. The van der Waals surface area contributed by atoms with Gasteiger partial charge in [-0.15, -0.1) is 0 Å². The molecule has 0 unspecified atom stereocenters. The monoisotopic (exact) mass is 450 g/mol. The van der Waals surface area contributed by atoms with E-state index in [0.29, 0.717) is 21.8 Å². The van der Waals surface area contributed by atoms with Gasteiger partial charge in [0, 0.05) is 35.0 Å². The molecule has 0 radical (unpaired) electrons. The van der Waals surface area contributed by atoms with Gasteiger partial charge in [0.25, 0.3) is 5.91 Å². The number of H-pyrrole nitrogens is 1. The summed E-state index contributed by atoms with van der Waals surface area (Å²) in [7, 11) is -3.42. The molecule has 0 atom stereocenters. The van der Waals surface area contributed by atoms with Gasteiger partial charge in [-0.05, 0) is 59.7 Å². The van der Waals surface area contributed by atoms with Crippen LogP contribution in [0.4, 0.5) is 5.69 Å². The van der Waals surface area contributed by atoms with Crippen LogP contribution in [-0.2, 0) is 9.84 Å². The maximum Gasteiger partial charge on any atom is 0.256 e. The lowest BCUT2D eigenvalue weighted by Crippen LogP contribution is -2.14. The number of hydrogen-bond acceptors (Lipinski definition) is 3. The standard InChI is InChI=1S/C24H19ClN2O3S/c1-31(29,30)18-10-11-19(20(15-18)16-6-3-2-4-7-16)24(28)27-17-9-12-22(25)21(14-17)23-8-5-13-26-23/h2-15,26H,1H3,(H,27,28). The molecule has 4 aromatic rings. The summed E-state index contributed by atoms with van der Waals surface area (Å²) in [6, 6.07) is 22.7. The Morgan fingerprint density at radius 3 is 2.35 bits per heavy atom. The van der Waals surface area contributed by atoms with Crippen LogP contribution < -0.4 is 5.32 Å². The molecule has 1 heterocycles. The molecule has 3 aromatic carbocycles. The molecule has 0 aliphatic rings. The summed E-state index contributed by atoms with van der Waals surface area (Å²) >= 11 is 6.32. The van der Waals surface area contributed by atoms with Crippen LogP contribution in [0.2, 0.25) is 5.02 Å². The highest BCUT2D eigenvalue weighted by atomic mass is 35.5. The summed E-state index contributed by atoms with van der Waals surface area (Å²) < 4.78 is 24.1. The lowest BCUT2D eigenvalue weighted by Gasteiger charge is -2.13. The molecule has 0 saturated heterocycles. The summed E-state index contributed by atoms with van der Waals surface area (Å²) in [5.74, 6) is -0.348. The van der Waals surface area contributed by atoms with E-state index in [1.807, 2.05) is 42.5 Å². The second-order valence-corrected chi connectivity index (χ2v) is 9.50. The van der Waals surface area contributed by atoms with Crippen molar-refractivity contribution in [1.82, 2.24) is 4.98 Å². The van der Waals surface area contributed by atoms with E-state index in [9.17, 15) is 13.2 Å².